The average Bonchev–Trinajstić information content (AvgIpc) is 3.02. The zero-order valence-electron chi connectivity index (χ0n) is 15.6. The van der Waals surface area contributed by atoms with Crippen molar-refractivity contribution in [3.63, 3.8) is 0 Å². The highest BCUT2D eigenvalue weighted by Crippen LogP contribution is 2.33. The van der Waals surface area contributed by atoms with Crippen molar-refractivity contribution in [2.45, 2.75) is 78.6 Å². The molecule has 0 aromatic heterocycles. The molecular formula is C21H33O2P. The number of hydrogen-bond acceptors (Lipinski definition) is 2. The Balaban J connectivity index is 1.71. The van der Waals surface area contributed by atoms with Crippen LogP contribution in [0.4, 0.5) is 0 Å². The van der Waals surface area contributed by atoms with E-state index in [2.05, 4.69) is 0 Å². The van der Waals surface area contributed by atoms with Crippen LogP contribution < -0.4 is 0 Å². The molecule has 3 heteroatoms. The predicted molar refractivity (Wildman–Crippen MR) is 104 cm³/mol. The van der Waals surface area contributed by atoms with E-state index in [1.54, 1.807) is 0 Å². The van der Waals surface area contributed by atoms with Gasteiger partial charge >= 0.3 is 0 Å². The Morgan fingerprint density at radius 2 is 1.58 bits per heavy atom. The van der Waals surface area contributed by atoms with Gasteiger partial charge < -0.3 is 4.57 Å². The number of hydrogen-bond donors (Lipinski definition) is 0. The van der Waals surface area contributed by atoms with Gasteiger partial charge in [-0.1, -0.05) is 69.1 Å². The van der Waals surface area contributed by atoms with Gasteiger partial charge in [-0.05, 0) is 44.2 Å². The number of benzene rings is 1. The Bertz CT molecular complexity index is 562. The lowest BCUT2D eigenvalue weighted by atomic mass is 10.00. The quantitative estimate of drug-likeness (QED) is 0.379. The molecule has 134 valence electrons. The maximum Gasteiger partial charge on any atom is 0.219 e. The second kappa shape index (κ2) is 9.56. The van der Waals surface area contributed by atoms with E-state index in [4.69, 9.17) is 0 Å². The summed E-state index contributed by atoms with van der Waals surface area (Å²) in [5.74, 6) is 0.971. The fourth-order valence-corrected chi connectivity index (χ4v) is 5.63. The number of aryl methyl sites for hydroxylation is 3. The molecule has 0 saturated heterocycles. The minimum atomic E-state index is -2.17. The van der Waals surface area contributed by atoms with Crippen LogP contribution in [0.15, 0.2) is 12.1 Å². The maximum atomic E-state index is 12.5. The highest BCUT2D eigenvalue weighted by Gasteiger charge is 2.18. The van der Waals surface area contributed by atoms with E-state index in [0.717, 1.165) is 35.4 Å². The summed E-state index contributed by atoms with van der Waals surface area (Å²) in [5.41, 5.74) is 3.68. The molecule has 0 heterocycles. The Morgan fingerprint density at radius 1 is 1.00 bits per heavy atom. The molecule has 0 N–H and O–H groups in total. The van der Waals surface area contributed by atoms with Crippen molar-refractivity contribution < 1.29 is 9.36 Å². The van der Waals surface area contributed by atoms with Crippen molar-refractivity contribution in [2.24, 2.45) is 5.92 Å². The van der Waals surface area contributed by atoms with Crippen LogP contribution in [0.25, 0.3) is 0 Å². The van der Waals surface area contributed by atoms with E-state index < -0.39 is 7.80 Å². The molecule has 0 spiro atoms. The summed E-state index contributed by atoms with van der Waals surface area (Å²) in [7, 11) is -2.17. The Labute approximate surface area is 148 Å². The molecule has 0 aliphatic heterocycles. The molecule has 0 amide bonds. The van der Waals surface area contributed by atoms with Crippen LogP contribution in [0.1, 0.15) is 84.8 Å². The van der Waals surface area contributed by atoms with Crippen molar-refractivity contribution in [2.75, 3.05) is 6.16 Å². The number of carbonyl (C=O) groups excluding carboxylic acids is 1. The molecule has 1 fully saturated rings. The van der Waals surface area contributed by atoms with Crippen LogP contribution in [0.2, 0.25) is 0 Å². The van der Waals surface area contributed by atoms with Gasteiger partial charge in [0.25, 0.3) is 0 Å². The highest BCUT2D eigenvalue weighted by molar-refractivity contribution is 7.64. The first-order valence-electron chi connectivity index (χ1n) is 9.64. The molecule has 0 radical (unpaired) electrons. The van der Waals surface area contributed by atoms with Gasteiger partial charge in [0.05, 0.1) is 0 Å². The maximum absolute atomic E-state index is 12.5. The fraction of sp³-hybridized carbons (Fsp3) is 0.667. The standard InChI is InChI=1S/C21H33O2P/c1-16-14-17(2)20(18(3)15-16)21(22)24(23)13-9-5-4-6-10-19-11-7-8-12-19/h14-15,19,24H,4-13H2,1-3H3. The number of rotatable bonds is 9. The van der Waals surface area contributed by atoms with Crippen LogP contribution in [0.3, 0.4) is 0 Å². The molecule has 24 heavy (non-hydrogen) atoms. The lowest BCUT2D eigenvalue weighted by molar-refractivity contribution is 0.107. The molecule has 1 aliphatic rings. The first-order valence-corrected chi connectivity index (χ1v) is 11.3. The van der Waals surface area contributed by atoms with Crippen molar-refractivity contribution in [1.82, 2.24) is 0 Å². The summed E-state index contributed by atoms with van der Waals surface area (Å²) in [4.78, 5) is 12.5. The van der Waals surface area contributed by atoms with Gasteiger partial charge in [-0.25, -0.2) is 0 Å². The van der Waals surface area contributed by atoms with E-state index in [1.165, 1.54) is 44.9 Å². The molecule has 1 aliphatic carbocycles. The van der Waals surface area contributed by atoms with Crippen LogP contribution in [0, 0.1) is 26.7 Å². The van der Waals surface area contributed by atoms with Crippen molar-refractivity contribution in [3.05, 3.63) is 34.4 Å². The molecular weight excluding hydrogens is 315 g/mol. The summed E-state index contributed by atoms with van der Waals surface area (Å²) >= 11 is 0. The summed E-state index contributed by atoms with van der Waals surface area (Å²) in [6, 6.07) is 4.02. The Morgan fingerprint density at radius 3 is 2.21 bits per heavy atom. The van der Waals surface area contributed by atoms with Crippen LogP contribution in [0.5, 0.6) is 0 Å². The molecule has 0 bridgehead atoms. The summed E-state index contributed by atoms with van der Waals surface area (Å²) in [6.07, 6.45) is 12.2. The van der Waals surface area contributed by atoms with Crippen molar-refractivity contribution in [3.8, 4) is 0 Å². The third-order valence-corrected chi connectivity index (χ3v) is 6.96. The van der Waals surface area contributed by atoms with Gasteiger partial charge in [0.2, 0.25) is 5.52 Å². The summed E-state index contributed by atoms with van der Waals surface area (Å²) < 4.78 is 12.4. The molecule has 1 aromatic carbocycles. The second-order valence-electron chi connectivity index (χ2n) is 7.63. The van der Waals surface area contributed by atoms with Crippen molar-refractivity contribution >= 4 is 13.3 Å². The summed E-state index contributed by atoms with van der Waals surface area (Å²) in [6.45, 7) is 5.93. The van der Waals surface area contributed by atoms with Crippen molar-refractivity contribution in [1.29, 1.82) is 0 Å². The largest absolute Gasteiger partial charge is 0.318 e. The van der Waals surface area contributed by atoms with E-state index >= 15 is 0 Å². The minimum Gasteiger partial charge on any atom is -0.318 e. The van der Waals surface area contributed by atoms with Crippen LogP contribution in [-0.4, -0.2) is 11.7 Å². The van der Waals surface area contributed by atoms with Gasteiger partial charge in [-0.3, -0.25) is 4.79 Å². The third kappa shape index (κ3) is 5.59. The Hall–Kier alpha value is -0.880. The predicted octanol–water partition coefficient (Wildman–Crippen LogP) is 6.45. The molecule has 2 rings (SSSR count). The normalized spacial score (nSPS) is 16.5. The third-order valence-electron chi connectivity index (χ3n) is 5.40. The SMILES string of the molecule is Cc1cc(C)c(C(=O)[PH](=O)CCCCCCC2CCCC2)c(C)c1. The summed E-state index contributed by atoms with van der Waals surface area (Å²) in [5, 5.41) is 0. The topological polar surface area (TPSA) is 34.1 Å². The number of carbonyl (C=O) groups is 1. The highest BCUT2D eigenvalue weighted by atomic mass is 31.1. The van der Waals surface area contributed by atoms with Crippen LogP contribution >= 0.6 is 7.80 Å². The monoisotopic (exact) mass is 348 g/mol. The molecule has 1 saturated carbocycles. The van der Waals surface area contributed by atoms with E-state index in [0.29, 0.717) is 11.7 Å². The first-order chi connectivity index (χ1) is 11.5. The van der Waals surface area contributed by atoms with Gasteiger partial charge in [0, 0.05) is 11.7 Å². The Kier molecular flexibility index (Phi) is 7.75. The van der Waals surface area contributed by atoms with E-state index in [9.17, 15) is 9.36 Å². The lowest BCUT2D eigenvalue weighted by Gasteiger charge is -2.10. The average molecular weight is 348 g/mol. The fourth-order valence-electron chi connectivity index (χ4n) is 4.16. The smallest absolute Gasteiger partial charge is 0.219 e. The zero-order valence-corrected chi connectivity index (χ0v) is 16.6. The molecule has 1 atom stereocenters. The van der Waals surface area contributed by atoms with E-state index in [1.807, 2.05) is 32.9 Å². The lowest BCUT2D eigenvalue weighted by Crippen LogP contribution is -2.02. The molecule has 1 aromatic rings. The second-order valence-corrected chi connectivity index (χ2v) is 9.43. The first kappa shape index (κ1) is 19.4. The van der Waals surface area contributed by atoms with Gasteiger partial charge in [0.15, 0.2) is 0 Å². The number of unbranched alkanes of at least 4 members (excludes halogenated alkanes) is 3. The van der Waals surface area contributed by atoms with E-state index in [-0.39, 0.29) is 5.52 Å². The van der Waals surface area contributed by atoms with Gasteiger partial charge in [-0.15, -0.1) is 0 Å². The van der Waals surface area contributed by atoms with Gasteiger partial charge in [0.1, 0.15) is 7.80 Å². The van der Waals surface area contributed by atoms with Gasteiger partial charge in [-0.2, -0.15) is 0 Å². The molecule has 1 unspecified atom stereocenters. The van der Waals surface area contributed by atoms with Crippen LogP contribution in [-0.2, 0) is 4.57 Å². The minimum absolute atomic E-state index is 0.110. The zero-order chi connectivity index (χ0) is 17.5. The molecule has 2 nitrogen and oxygen atoms in total.